The molecule has 1 aliphatic rings. The standard InChI is InChI=1S/C10H22N2.C2H6/c1-9(2)7-10(3-5-11)4-6-12-8-10;1-2/h9,12H,3-8,11H2,1-2H3;1-2H3. The molecule has 0 aromatic heterocycles. The third kappa shape index (κ3) is 4.43. The Balaban J connectivity index is 0.000000791. The van der Waals surface area contributed by atoms with Crippen LogP contribution >= 0.6 is 0 Å². The van der Waals surface area contributed by atoms with Crippen LogP contribution in [0.25, 0.3) is 0 Å². The maximum absolute atomic E-state index is 5.64. The fourth-order valence-corrected chi connectivity index (χ4v) is 2.46. The van der Waals surface area contributed by atoms with Gasteiger partial charge in [0.15, 0.2) is 0 Å². The van der Waals surface area contributed by atoms with Gasteiger partial charge in [0.1, 0.15) is 0 Å². The Bertz CT molecular complexity index is 126. The van der Waals surface area contributed by atoms with Crippen LogP contribution in [0.1, 0.15) is 47.0 Å². The SMILES string of the molecule is CC.CC(C)CC1(CCN)CCNC1. The normalized spacial score (nSPS) is 26.1. The second-order valence-electron chi connectivity index (χ2n) is 4.56. The number of nitrogens with two attached hydrogens (primary N) is 1. The Morgan fingerprint density at radius 3 is 2.36 bits per heavy atom. The van der Waals surface area contributed by atoms with Crippen LogP contribution in [0.3, 0.4) is 0 Å². The molecule has 0 aromatic carbocycles. The molecule has 0 bridgehead atoms. The van der Waals surface area contributed by atoms with Crippen molar-refractivity contribution in [2.75, 3.05) is 19.6 Å². The highest BCUT2D eigenvalue weighted by Gasteiger charge is 2.33. The molecule has 1 heterocycles. The van der Waals surface area contributed by atoms with Crippen LogP contribution in [-0.2, 0) is 0 Å². The zero-order chi connectivity index (χ0) is 11.0. The minimum Gasteiger partial charge on any atom is -0.330 e. The minimum absolute atomic E-state index is 0.531. The first-order valence-corrected chi connectivity index (χ1v) is 6.09. The molecule has 3 N–H and O–H groups in total. The topological polar surface area (TPSA) is 38.0 Å². The average Bonchev–Trinajstić information content (AvgIpc) is 2.56. The molecule has 1 atom stereocenters. The predicted octanol–water partition coefficient (Wildman–Crippen LogP) is 2.39. The molecule has 14 heavy (non-hydrogen) atoms. The minimum atomic E-state index is 0.531. The van der Waals surface area contributed by atoms with Crippen LogP contribution in [0.4, 0.5) is 0 Å². The third-order valence-electron chi connectivity index (χ3n) is 2.85. The summed E-state index contributed by atoms with van der Waals surface area (Å²) in [7, 11) is 0. The van der Waals surface area contributed by atoms with Crippen LogP contribution in [0.2, 0.25) is 0 Å². The molecule has 1 fully saturated rings. The van der Waals surface area contributed by atoms with Gasteiger partial charge < -0.3 is 11.1 Å². The smallest absolute Gasteiger partial charge is 0.000886 e. The molecule has 1 rings (SSSR count). The summed E-state index contributed by atoms with van der Waals surface area (Å²) in [5.74, 6) is 0.802. The predicted molar refractivity (Wildman–Crippen MR) is 64.4 cm³/mol. The molecule has 2 heteroatoms. The summed E-state index contributed by atoms with van der Waals surface area (Å²) in [5, 5.41) is 3.45. The lowest BCUT2D eigenvalue weighted by Gasteiger charge is -2.29. The Labute approximate surface area is 89.6 Å². The van der Waals surface area contributed by atoms with Crippen molar-refractivity contribution in [3.63, 3.8) is 0 Å². The largest absolute Gasteiger partial charge is 0.330 e. The van der Waals surface area contributed by atoms with E-state index in [-0.39, 0.29) is 0 Å². The van der Waals surface area contributed by atoms with Crippen molar-refractivity contribution in [3.05, 3.63) is 0 Å². The van der Waals surface area contributed by atoms with Gasteiger partial charge in [0.2, 0.25) is 0 Å². The van der Waals surface area contributed by atoms with Gasteiger partial charge in [-0.25, -0.2) is 0 Å². The molecule has 1 unspecified atom stereocenters. The first-order chi connectivity index (χ1) is 6.68. The van der Waals surface area contributed by atoms with Gasteiger partial charge in [-0.1, -0.05) is 27.7 Å². The molecule has 0 radical (unpaired) electrons. The van der Waals surface area contributed by atoms with E-state index in [0.717, 1.165) is 12.5 Å². The summed E-state index contributed by atoms with van der Waals surface area (Å²) in [6, 6.07) is 0. The molecule has 1 saturated heterocycles. The zero-order valence-corrected chi connectivity index (χ0v) is 10.4. The van der Waals surface area contributed by atoms with E-state index in [4.69, 9.17) is 5.73 Å². The molecule has 0 amide bonds. The molecule has 1 aliphatic heterocycles. The fraction of sp³-hybridized carbons (Fsp3) is 1.00. The van der Waals surface area contributed by atoms with E-state index in [9.17, 15) is 0 Å². The molecular formula is C12H28N2. The van der Waals surface area contributed by atoms with Crippen molar-refractivity contribution in [1.82, 2.24) is 5.32 Å². The Morgan fingerprint density at radius 2 is 2.00 bits per heavy atom. The molecule has 0 aromatic rings. The molecular weight excluding hydrogens is 172 g/mol. The second-order valence-corrected chi connectivity index (χ2v) is 4.56. The van der Waals surface area contributed by atoms with Crippen molar-refractivity contribution in [1.29, 1.82) is 0 Å². The van der Waals surface area contributed by atoms with Crippen LogP contribution in [0, 0.1) is 11.3 Å². The van der Waals surface area contributed by atoms with E-state index in [2.05, 4.69) is 19.2 Å². The zero-order valence-electron chi connectivity index (χ0n) is 10.4. The number of nitrogens with one attached hydrogen (secondary N) is 1. The molecule has 2 nitrogen and oxygen atoms in total. The van der Waals surface area contributed by atoms with Gasteiger partial charge in [0.05, 0.1) is 0 Å². The van der Waals surface area contributed by atoms with Crippen molar-refractivity contribution >= 4 is 0 Å². The number of rotatable bonds is 4. The Hall–Kier alpha value is -0.0800. The third-order valence-corrected chi connectivity index (χ3v) is 2.85. The molecule has 0 spiro atoms. The summed E-state index contributed by atoms with van der Waals surface area (Å²) in [4.78, 5) is 0. The highest BCUT2D eigenvalue weighted by atomic mass is 14.9. The van der Waals surface area contributed by atoms with E-state index in [0.29, 0.717) is 5.41 Å². The first-order valence-electron chi connectivity index (χ1n) is 6.09. The fourth-order valence-electron chi connectivity index (χ4n) is 2.46. The monoisotopic (exact) mass is 200 g/mol. The van der Waals surface area contributed by atoms with Crippen molar-refractivity contribution in [2.24, 2.45) is 17.1 Å². The maximum atomic E-state index is 5.64. The van der Waals surface area contributed by atoms with Gasteiger partial charge in [-0.15, -0.1) is 0 Å². The van der Waals surface area contributed by atoms with Crippen molar-refractivity contribution in [3.8, 4) is 0 Å². The van der Waals surface area contributed by atoms with Gasteiger partial charge in [-0.2, -0.15) is 0 Å². The summed E-state index contributed by atoms with van der Waals surface area (Å²) >= 11 is 0. The molecule has 86 valence electrons. The van der Waals surface area contributed by atoms with E-state index < -0.39 is 0 Å². The molecule has 0 saturated carbocycles. The van der Waals surface area contributed by atoms with Crippen LogP contribution in [0.15, 0.2) is 0 Å². The van der Waals surface area contributed by atoms with Crippen molar-refractivity contribution in [2.45, 2.75) is 47.0 Å². The van der Waals surface area contributed by atoms with E-state index in [1.54, 1.807) is 0 Å². The summed E-state index contributed by atoms with van der Waals surface area (Å²) in [5.41, 5.74) is 6.17. The molecule has 0 aliphatic carbocycles. The van der Waals surface area contributed by atoms with Crippen LogP contribution in [0.5, 0.6) is 0 Å². The van der Waals surface area contributed by atoms with E-state index in [1.807, 2.05) is 13.8 Å². The lowest BCUT2D eigenvalue weighted by molar-refractivity contribution is 0.239. The van der Waals surface area contributed by atoms with E-state index >= 15 is 0 Å². The van der Waals surface area contributed by atoms with Gasteiger partial charge >= 0.3 is 0 Å². The van der Waals surface area contributed by atoms with Crippen molar-refractivity contribution < 1.29 is 0 Å². The Kier molecular flexibility index (Phi) is 7.20. The van der Waals surface area contributed by atoms with Gasteiger partial charge in [-0.05, 0) is 43.7 Å². The number of hydrogen-bond donors (Lipinski definition) is 2. The lowest BCUT2D eigenvalue weighted by Crippen LogP contribution is -2.28. The maximum Gasteiger partial charge on any atom is 0.000886 e. The highest BCUT2D eigenvalue weighted by Crippen LogP contribution is 2.35. The van der Waals surface area contributed by atoms with E-state index in [1.165, 1.54) is 32.4 Å². The number of hydrogen-bond acceptors (Lipinski definition) is 2. The summed E-state index contributed by atoms with van der Waals surface area (Å²) < 4.78 is 0. The van der Waals surface area contributed by atoms with Gasteiger partial charge in [0.25, 0.3) is 0 Å². The summed E-state index contributed by atoms with van der Waals surface area (Å²) in [6.45, 7) is 11.8. The van der Waals surface area contributed by atoms with Gasteiger partial charge in [-0.3, -0.25) is 0 Å². The van der Waals surface area contributed by atoms with Crippen LogP contribution < -0.4 is 11.1 Å². The highest BCUT2D eigenvalue weighted by molar-refractivity contribution is 4.88. The first kappa shape index (κ1) is 13.9. The lowest BCUT2D eigenvalue weighted by atomic mass is 9.77. The second kappa shape index (κ2) is 7.24. The quantitative estimate of drug-likeness (QED) is 0.731. The average molecular weight is 200 g/mol. The summed E-state index contributed by atoms with van der Waals surface area (Å²) in [6.07, 6.45) is 3.84. The Morgan fingerprint density at radius 1 is 1.36 bits per heavy atom. The van der Waals surface area contributed by atoms with Crippen LogP contribution in [-0.4, -0.2) is 19.6 Å². The van der Waals surface area contributed by atoms with Gasteiger partial charge in [0, 0.05) is 6.54 Å².